The van der Waals surface area contributed by atoms with Crippen LogP contribution in [0.4, 0.5) is 0 Å². The number of nitrogens with one attached hydrogen (secondary N) is 1. The van der Waals surface area contributed by atoms with Gasteiger partial charge in [0.25, 0.3) is 5.91 Å². The number of aryl methyl sites for hydroxylation is 1. The second-order valence-corrected chi connectivity index (χ2v) is 8.67. The summed E-state index contributed by atoms with van der Waals surface area (Å²) < 4.78 is 12.9. The maximum absolute atomic E-state index is 12.8. The van der Waals surface area contributed by atoms with E-state index in [0.29, 0.717) is 19.7 Å². The Kier molecular flexibility index (Phi) is 6.43. The monoisotopic (exact) mass is 391 g/mol. The van der Waals surface area contributed by atoms with Crippen molar-refractivity contribution in [3.05, 3.63) is 17.0 Å². The first kappa shape index (κ1) is 20.8. The molecule has 1 saturated heterocycles. The zero-order valence-electron chi connectivity index (χ0n) is 17.5. The van der Waals surface area contributed by atoms with Gasteiger partial charge >= 0.3 is 5.97 Å². The van der Waals surface area contributed by atoms with Crippen LogP contribution in [0.1, 0.15) is 62.3 Å². The molecule has 1 N–H and O–H groups in total. The molecular weight excluding hydrogens is 358 g/mol. The van der Waals surface area contributed by atoms with Crippen LogP contribution in [0.15, 0.2) is 0 Å². The highest BCUT2D eigenvalue weighted by Gasteiger charge is 2.39. The molecule has 3 rings (SSSR count). The molecule has 0 bridgehead atoms. The molecule has 0 unspecified atom stereocenters. The van der Waals surface area contributed by atoms with E-state index in [1.807, 2.05) is 32.4 Å². The fraction of sp³-hybridized carbons (Fsp3) is 0.762. The van der Waals surface area contributed by atoms with Gasteiger partial charge in [0.1, 0.15) is 0 Å². The number of carbonyl (C=O) groups excluding carboxylic acids is 2. The first-order valence-electron chi connectivity index (χ1n) is 10.5. The average molecular weight is 392 g/mol. The third-order valence-electron chi connectivity index (χ3n) is 5.88. The number of hydrogen-bond donors (Lipinski definition) is 1. The Balaban J connectivity index is 1.82. The van der Waals surface area contributed by atoms with E-state index in [4.69, 9.17) is 14.6 Å². The SMILES string of the molecule is CCc1nn(C[C@@H](C)COC(=O)C(C)C)c2c1C(=O)NCC1(CCOCC1)C2. The molecule has 0 saturated carbocycles. The summed E-state index contributed by atoms with van der Waals surface area (Å²) >= 11 is 0. The van der Waals surface area contributed by atoms with Crippen LogP contribution in [-0.2, 0) is 33.7 Å². The summed E-state index contributed by atoms with van der Waals surface area (Å²) in [5, 5.41) is 7.90. The van der Waals surface area contributed by atoms with Crippen molar-refractivity contribution in [1.82, 2.24) is 15.1 Å². The summed E-state index contributed by atoms with van der Waals surface area (Å²) in [6.45, 7) is 10.9. The van der Waals surface area contributed by atoms with E-state index in [2.05, 4.69) is 5.32 Å². The molecule has 1 aromatic rings. The van der Waals surface area contributed by atoms with E-state index in [9.17, 15) is 9.59 Å². The normalized spacial score (nSPS) is 19.8. The van der Waals surface area contributed by atoms with Crippen molar-refractivity contribution in [2.75, 3.05) is 26.4 Å². The van der Waals surface area contributed by atoms with Gasteiger partial charge in [-0.1, -0.05) is 27.7 Å². The lowest BCUT2D eigenvalue weighted by Crippen LogP contribution is -2.41. The third-order valence-corrected chi connectivity index (χ3v) is 5.88. The van der Waals surface area contributed by atoms with Crippen LogP contribution in [0, 0.1) is 17.3 Å². The number of fused-ring (bicyclic) bond motifs is 1. The molecule has 3 heterocycles. The van der Waals surface area contributed by atoms with Gasteiger partial charge in [0.15, 0.2) is 0 Å². The summed E-state index contributed by atoms with van der Waals surface area (Å²) in [5.41, 5.74) is 2.66. The minimum atomic E-state index is -0.180. The first-order chi connectivity index (χ1) is 13.3. The molecule has 2 aliphatic heterocycles. The fourth-order valence-electron chi connectivity index (χ4n) is 4.06. The highest BCUT2D eigenvalue weighted by molar-refractivity contribution is 5.97. The smallest absolute Gasteiger partial charge is 0.308 e. The lowest BCUT2D eigenvalue weighted by molar-refractivity contribution is -0.148. The fourth-order valence-corrected chi connectivity index (χ4v) is 4.06. The second-order valence-electron chi connectivity index (χ2n) is 8.67. The van der Waals surface area contributed by atoms with Crippen LogP contribution in [-0.4, -0.2) is 48.0 Å². The summed E-state index contributed by atoms with van der Waals surface area (Å²) in [6.07, 6.45) is 3.44. The lowest BCUT2D eigenvalue weighted by Gasteiger charge is -2.36. The minimum absolute atomic E-state index is 0.0136. The average Bonchev–Trinajstić information content (AvgIpc) is 2.94. The maximum atomic E-state index is 12.8. The molecular formula is C21H33N3O4. The van der Waals surface area contributed by atoms with Crippen LogP contribution < -0.4 is 5.32 Å². The second kappa shape index (κ2) is 8.64. The van der Waals surface area contributed by atoms with Gasteiger partial charge in [0, 0.05) is 32.2 Å². The Morgan fingerprint density at radius 1 is 1.32 bits per heavy atom. The standard InChI is InChI=1S/C21H33N3O4/c1-5-16-18-17(10-21(13-22-19(18)25)6-8-27-9-7-21)24(23-16)11-15(4)12-28-20(26)14(2)3/h14-15H,5-13H2,1-4H3,(H,22,25)/t15-/m1/s1. The van der Waals surface area contributed by atoms with Crippen LogP contribution in [0.5, 0.6) is 0 Å². The number of aromatic nitrogens is 2. The van der Waals surface area contributed by atoms with Crippen LogP contribution in [0.25, 0.3) is 0 Å². The van der Waals surface area contributed by atoms with E-state index in [1.54, 1.807) is 0 Å². The number of carbonyl (C=O) groups is 2. The van der Waals surface area contributed by atoms with Gasteiger partial charge in [0.2, 0.25) is 0 Å². The van der Waals surface area contributed by atoms with Gasteiger partial charge in [-0.2, -0.15) is 5.10 Å². The molecule has 1 fully saturated rings. The molecule has 1 aromatic heterocycles. The Morgan fingerprint density at radius 3 is 2.68 bits per heavy atom. The zero-order valence-corrected chi connectivity index (χ0v) is 17.5. The van der Waals surface area contributed by atoms with Gasteiger partial charge in [-0.3, -0.25) is 14.3 Å². The number of esters is 1. The number of nitrogens with zero attached hydrogens (tertiary/aromatic N) is 2. The number of ether oxygens (including phenoxy) is 2. The Labute approximate surface area is 167 Å². The maximum Gasteiger partial charge on any atom is 0.308 e. The molecule has 156 valence electrons. The topological polar surface area (TPSA) is 82.5 Å². The molecule has 28 heavy (non-hydrogen) atoms. The van der Waals surface area contributed by atoms with E-state index in [-0.39, 0.29) is 29.1 Å². The van der Waals surface area contributed by atoms with Gasteiger partial charge < -0.3 is 14.8 Å². The van der Waals surface area contributed by atoms with Crippen molar-refractivity contribution in [3.63, 3.8) is 0 Å². The number of amides is 1. The molecule has 0 aliphatic carbocycles. The van der Waals surface area contributed by atoms with Crippen molar-refractivity contribution in [3.8, 4) is 0 Å². The van der Waals surface area contributed by atoms with Crippen LogP contribution >= 0.6 is 0 Å². The largest absolute Gasteiger partial charge is 0.465 e. The summed E-state index contributed by atoms with van der Waals surface area (Å²) in [6, 6.07) is 0. The Morgan fingerprint density at radius 2 is 2.04 bits per heavy atom. The van der Waals surface area contributed by atoms with Crippen molar-refractivity contribution >= 4 is 11.9 Å². The molecule has 1 spiro atoms. The van der Waals surface area contributed by atoms with Crippen LogP contribution in [0.3, 0.4) is 0 Å². The quantitative estimate of drug-likeness (QED) is 0.753. The molecule has 1 amide bonds. The summed E-state index contributed by atoms with van der Waals surface area (Å²) in [7, 11) is 0. The van der Waals surface area contributed by atoms with Crippen molar-refractivity contribution in [2.24, 2.45) is 17.3 Å². The van der Waals surface area contributed by atoms with Crippen molar-refractivity contribution in [2.45, 2.75) is 59.9 Å². The Bertz CT molecular complexity index is 719. The predicted molar refractivity (Wildman–Crippen MR) is 105 cm³/mol. The van der Waals surface area contributed by atoms with Gasteiger partial charge in [0.05, 0.1) is 29.5 Å². The molecule has 7 nitrogen and oxygen atoms in total. The zero-order chi connectivity index (χ0) is 20.3. The lowest BCUT2D eigenvalue weighted by atomic mass is 9.76. The third kappa shape index (κ3) is 4.40. The van der Waals surface area contributed by atoms with Gasteiger partial charge in [-0.25, -0.2) is 0 Å². The highest BCUT2D eigenvalue weighted by atomic mass is 16.5. The van der Waals surface area contributed by atoms with Gasteiger partial charge in [-0.15, -0.1) is 0 Å². The van der Waals surface area contributed by atoms with Crippen LogP contribution in [0.2, 0.25) is 0 Å². The Hall–Kier alpha value is -1.89. The van der Waals surface area contributed by atoms with E-state index in [1.165, 1.54) is 0 Å². The van der Waals surface area contributed by atoms with E-state index < -0.39 is 0 Å². The number of rotatable bonds is 6. The highest BCUT2D eigenvalue weighted by Crippen LogP contribution is 2.37. The predicted octanol–water partition coefficient (Wildman–Crippen LogP) is 2.36. The van der Waals surface area contributed by atoms with Gasteiger partial charge in [-0.05, 0) is 31.1 Å². The van der Waals surface area contributed by atoms with E-state index in [0.717, 1.165) is 55.8 Å². The molecule has 1 atom stereocenters. The molecule has 7 heteroatoms. The van der Waals surface area contributed by atoms with E-state index >= 15 is 0 Å². The minimum Gasteiger partial charge on any atom is -0.465 e. The molecule has 0 radical (unpaired) electrons. The summed E-state index contributed by atoms with van der Waals surface area (Å²) in [4.78, 5) is 24.6. The van der Waals surface area contributed by atoms with Crippen molar-refractivity contribution in [1.29, 1.82) is 0 Å². The summed E-state index contributed by atoms with van der Waals surface area (Å²) in [5.74, 6) is -0.202. The molecule has 0 aromatic carbocycles. The number of hydrogen-bond acceptors (Lipinski definition) is 5. The molecule has 2 aliphatic rings. The van der Waals surface area contributed by atoms with Crippen molar-refractivity contribution < 1.29 is 19.1 Å². The first-order valence-corrected chi connectivity index (χ1v) is 10.5.